The molecule has 2 N–H and O–H groups in total. The van der Waals surface area contributed by atoms with E-state index in [-0.39, 0.29) is 12.1 Å². The number of allylic oxidation sites excluding steroid dienone is 3. The first kappa shape index (κ1) is 18.8. The fraction of sp³-hybridized carbons (Fsp3) is 0.238. The minimum Gasteiger partial charge on any atom is -0.321 e. The molecule has 0 saturated carbocycles. The zero-order valence-corrected chi connectivity index (χ0v) is 15.7. The maximum absolute atomic E-state index is 13.2. The van der Waals surface area contributed by atoms with E-state index in [1.807, 2.05) is 18.2 Å². The van der Waals surface area contributed by atoms with Gasteiger partial charge in [0.15, 0.2) is 0 Å². The highest BCUT2D eigenvalue weighted by Gasteiger charge is 2.51. The van der Waals surface area contributed by atoms with Gasteiger partial charge in [-0.25, -0.2) is 9.18 Å². The van der Waals surface area contributed by atoms with Crippen LogP contribution in [0.15, 0.2) is 59.7 Å². The second-order valence-electron chi connectivity index (χ2n) is 7.23. The molecule has 3 amide bonds. The Bertz CT molecular complexity index is 1100. The molecule has 2 aromatic rings. The molecule has 0 aromatic carbocycles. The van der Waals surface area contributed by atoms with Crippen LogP contribution in [0.4, 0.5) is 9.18 Å². The van der Waals surface area contributed by atoms with Gasteiger partial charge in [0.2, 0.25) is 0 Å². The Labute approximate surface area is 166 Å². The fourth-order valence-electron chi connectivity index (χ4n) is 3.79. The lowest BCUT2D eigenvalue weighted by Crippen LogP contribution is -2.57. The van der Waals surface area contributed by atoms with Gasteiger partial charge >= 0.3 is 6.03 Å². The average Bonchev–Trinajstić information content (AvgIpc) is 3.00. The lowest BCUT2D eigenvalue weighted by Gasteiger charge is -2.34. The topological polar surface area (TPSA) is 93.1 Å². The summed E-state index contributed by atoms with van der Waals surface area (Å²) in [5.74, 6) is -1.35. The Morgan fingerprint density at radius 1 is 1.28 bits per heavy atom. The van der Waals surface area contributed by atoms with Crippen molar-refractivity contribution in [2.45, 2.75) is 25.4 Å². The number of nitrogens with one attached hydrogen (secondary N) is 2. The molecule has 0 radical (unpaired) electrons. The van der Waals surface area contributed by atoms with Crippen LogP contribution in [0, 0.1) is 18.7 Å². The van der Waals surface area contributed by atoms with Crippen molar-refractivity contribution >= 4 is 17.5 Å². The zero-order chi connectivity index (χ0) is 20.6. The largest absolute Gasteiger partial charge is 0.322 e. The van der Waals surface area contributed by atoms with Crippen LogP contribution in [-0.4, -0.2) is 27.0 Å². The fourth-order valence-corrected chi connectivity index (χ4v) is 3.79. The number of rotatable bonds is 4. The zero-order valence-electron chi connectivity index (χ0n) is 15.7. The van der Waals surface area contributed by atoms with Gasteiger partial charge in [0.05, 0.1) is 18.4 Å². The predicted octanol–water partition coefficient (Wildman–Crippen LogP) is 1.93. The van der Waals surface area contributed by atoms with Gasteiger partial charge in [-0.2, -0.15) is 0 Å². The number of carbonyl (C=O) groups excluding carboxylic acids is 2. The first-order chi connectivity index (χ1) is 13.9. The first-order valence-electron chi connectivity index (χ1n) is 9.19. The van der Waals surface area contributed by atoms with Gasteiger partial charge < -0.3 is 9.88 Å². The molecule has 3 heterocycles. The molecule has 1 aliphatic carbocycles. The smallest absolute Gasteiger partial charge is 0.321 e. The van der Waals surface area contributed by atoms with E-state index >= 15 is 0 Å². The standard InChI is InChI=1S/C21H19FN4O3/c1-13-4-3-9-26(18(13)27)12-21(19(28)24-20(29)25-21)15-6-2-5-14(10-15)17-8-7-16(22)11-23-17/h2-5,7-11,15H,6,12H2,1H3,(H2,24,25,28,29). The molecule has 2 aliphatic rings. The van der Waals surface area contributed by atoms with Crippen molar-refractivity contribution < 1.29 is 14.0 Å². The molecule has 8 heteroatoms. The van der Waals surface area contributed by atoms with Crippen LogP contribution in [0.5, 0.6) is 0 Å². The van der Waals surface area contributed by atoms with Crippen LogP contribution < -0.4 is 16.2 Å². The Morgan fingerprint density at radius 2 is 2.10 bits per heavy atom. The predicted molar refractivity (Wildman–Crippen MR) is 104 cm³/mol. The molecule has 7 nitrogen and oxygen atoms in total. The van der Waals surface area contributed by atoms with Crippen molar-refractivity contribution in [3.8, 4) is 0 Å². The molecule has 0 spiro atoms. The van der Waals surface area contributed by atoms with Crippen molar-refractivity contribution in [3.05, 3.63) is 82.3 Å². The van der Waals surface area contributed by atoms with E-state index in [9.17, 15) is 18.8 Å². The van der Waals surface area contributed by atoms with Gasteiger partial charge in [-0.05, 0) is 37.1 Å². The Balaban J connectivity index is 1.76. The molecule has 148 valence electrons. The number of pyridine rings is 2. The van der Waals surface area contributed by atoms with E-state index < -0.39 is 29.2 Å². The van der Waals surface area contributed by atoms with Crippen molar-refractivity contribution in [3.63, 3.8) is 0 Å². The molecule has 1 fully saturated rings. The average molecular weight is 394 g/mol. The minimum atomic E-state index is -1.33. The van der Waals surface area contributed by atoms with Gasteiger partial charge in [-0.1, -0.05) is 24.3 Å². The SMILES string of the molecule is Cc1cccn(CC2(C3C=C(c4ccc(F)cn4)C=CC3)NC(=O)NC2=O)c1=O. The summed E-state index contributed by atoms with van der Waals surface area (Å²) >= 11 is 0. The van der Waals surface area contributed by atoms with Gasteiger partial charge in [-0.3, -0.25) is 19.9 Å². The van der Waals surface area contributed by atoms with Crippen LogP contribution >= 0.6 is 0 Å². The maximum Gasteiger partial charge on any atom is 0.322 e. The highest BCUT2D eigenvalue weighted by Crippen LogP contribution is 2.34. The molecule has 0 bridgehead atoms. The molecule has 1 aliphatic heterocycles. The molecule has 29 heavy (non-hydrogen) atoms. The number of carbonyl (C=O) groups is 2. The van der Waals surface area contributed by atoms with Crippen LogP contribution in [0.3, 0.4) is 0 Å². The van der Waals surface area contributed by atoms with E-state index in [1.165, 1.54) is 10.6 Å². The lowest BCUT2D eigenvalue weighted by molar-refractivity contribution is -0.125. The van der Waals surface area contributed by atoms with E-state index in [0.29, 0.717) is 23.3 Å². The number of nitrogens with zero attached hydrogens (tertiary/aromatic N) is 2. The summed E-state index contributed by atoms with van der Waals surface area (Å²) in [6.07, 6.45) is 8.77. The number of aryl methyl sites for hydroxylation is 1. The summed E-state index contributed by atoms with van der Waals surface area (Å²) in [5.41, 5.74) is 0.260. The summed E-state index contributed by atoms with van der Waals surface area (Å²) in [7, 11) is 0. The van der Waals surface area contributed by atoms with Crippen molar-refractivity contribution in [2.75, 3.05) is 0 Å². The van der Waals surface area contributed by atoms with E-state index in [1.54, 1.807) is 31.3 Å². The van der Waals surface area contributed by atoms with Gasteiger partial charge in [0, 0.05) is 17.7 Å². The molecular weight excluding hydrogens is 375 g/mol. The minimum absolute atomic E-state index is 0.00970. The van der Waals surface area contributed by atoms with Gasteiger partial charge in [-0.15, -0.1) is 0 Å². The highest BCUT2D eigenvalue weighted by atomic mass is 19.1. The normalized spacial score (nSPS) is 23.5. The number of hydrogen-bond acceptors (Lipinski definition) is 4. The Kier molecular flexibility index (Phi) is 4.62. The second-order valence-corrected chi connectivity index (χ2v) is 7.23. The number of aromatic nitrogens is 2. The lowest BCUT2D eigenvalue weighted by atomic mass is 9.77. The number of amides is 3. The van der Waals surface area contributed by atoms with E-state index in [0.717, 1.165) is 6.20 Å². The summed E-state index contributed by atoms with van der Waals surface area (Å²) in [6, 6.07) is 5.69. The second kappa shape index (κ2) is 7.12. The van der Waals surface area contributed by atoms with Crippen molar-refractivity contribution in [2.24, 2.45) is 5.92 Å². The Hall–Kier alpha value is -3.55. The number of imide groups is 1. The monoisotopic (exact) mass is 394 g/mol. The summed E-state index contributed by atoms with van der Waals surface area (Å²) in [6.45, 7) is 1.69. The molecule has 1 saturated heterocycles. The van der Waals surface area contributed by atoms with Crippen molar-refractivity contribution in [1.82, 2.24) is 20.2 Å². The Morgan fingerprint density at radius 3 is 2.79 bits per heavy atom. The molecule has 2 unspecified atom stereocenters. The van der Waals surface area contributed by atoms with Crippen LogP contribution in [0.1, 0.15) is 17.7 Å². The summed E-state index contributed by atoms with van der Waals surface area (Å²) in [5, 5.41) is 5.04. The number of urea groups is 1. The first-order valence-corrected chi connectivity index (χ1v) is 9.19. The van der Waals surface area contributed by atoms with E-state index in [4.69, 9.17) is 0 Å². The molecule has 2 aromatic heterocycles. The number of hydrogen-bond donors (Lipinski definition) is 2. The van der Waals surface area contributed by atoms with E-state index in [2.05, 4.69) is 15.6 Å². The third kappa shape index (κ3) is 3.37. The summed E-state index contributed by atoms with van der Waals surface area (Å²) in [4.78, 5) is 41.5. The number of halogens is 1. The third-order valence-electron chi connectivity index (χ3n) is 5.32. The van der Waals surface area contributed by atoms with Crippen LogP contribution in [0.25, 0.3) is 5.57 Å². The van der Waals surface area contributed by atoms with Crippen LogP contribution in [-0.2, 0) is 11.3 Å². The van der Waals surface area contributed by atoms with Gasteiger partial charge in [0.1, 0.15) is 11.4 Å². The maximum atomic E-state index is 13.2. The third-order valence-corrected chi connectivity index (χ3v) is 5.32. The van der Waals surface area contributed by atoms with Gasteiger partial charge in [0.25, 0.3) is 11.5 Å². The molecule has 4 rings (SSSR count). The molecular formula is C21H19FN4O3. The van der Waals surface area contributed by atoms with Crippen LogP contribution in [0.2, 0.25) is 0 Å². The van der Waals surface area contributed by atoms with Crippen molar-refractivity contribution in [1.29, 1.82) is 0 Å². The molecule has 2 atom stereocenters. The highest BCUT2D eigenvalue weighted by molar-refractivity contribution is 6.07. The summed E-state index contributed by atoms with van der Waals surface area (Å²) < 4.78 is 14.6. The quantitative estimate of drug-likeness (QED) is 0.775.